The van der Waals surface area contributed by atoms with Crippen molar-refractivity contribution in [2.75, 3.05) is 24.6 Å². The Bertz CT molecular complexity index is 256. The van der Waals surface area contributed by atoms with E-state index in [1.54, 1.807) is 0 Å². The number of hydrogen-bond donors (Lipinski definition) is 1. The third-order valence-corrected chi connectivity index (χ3v) is 4.97. The predicted molar refractivity (Wildman–Crippen MR) is 73.3 cm³/mol. The quantitative estimate of drug-likeness (QED) is 0.816. The molecule has 0 aromatic carbocycles. The maximum atomic E-state index is 12.4. The van der Waals surface area contributed by atoms with E-state index in [0.717, 1.165) is 19.5 Å². The number of rotatable bonds is 2. The van der Waals surface area contributed by atoms with Crippen molar-refractivity contribution in [3.63, 3.8) is 0 Å². The summed E-state index contributed by atoms with van der Waals surface area (Å²) in [4.78, 5) is 14.5. The van der Waals surface area contributed by atoms with Gasteiger partial charge in [0.1, 0.15) is 0 Å². The summed E-state index contributed by atoms with van der Waals surface area (Å²) in [5, 5.41) is 3.38. The number of nitrogens with zero attached hydrogens (tertiary/aromatic N) is 1. The number of amides is 1. The highest BCUT2D eigenvalue weighted by atomic mass is 32.2. The standard InChI is InChI=1S/C13H24N2OS/c1-10-8-14-9-11(2)15(10)13(16)7-12-3-5-17-6-4-12/h10-12,14H,3-9H2,1-2H3. The van der Waals surface area contributed by atoms with Gasteiger partial charge in [0.15, 0.2) is 0 Å². The first kappa shape index (κ1) is 13.2. The topological polar surface area (TPSA) is 32.3 Å². The van der Waals surface area contributed by atoms with Gasteiger partial charge in [-0.15, -0.1) is 0 Å². The van der Waals surface area contributed by atoms with E-state index < -0.39 is 0 Å². The van der Waals surface area contributed by atoms with Crippen LogP contribution in [0.1, 0.15) is 33.1 Å². The van der Waals surface area contributed by atoms with Crippen LogP contribution < -0.4 is 5.32 Å². The van der Waals surface area contributed by atoms with Gasteiger partial charge in [0.05, 0.1) is 0 Å². The van der Waals surface area contributed by atoms with Gasteiger partial charge in [0, 0.05) is 31.6 Å². The zero-order chi connectivity index (χ0) is 12.3. The van der Waals surface area contributed by atoms with Crippen molar-refractivity contribution in [2.24, 2.45) is 5.92 Å². The molecule has 0 aromatic rings. The molecule has 0 aromatic heterocycles. The van der Waals surface area contributed by atoms with Gasteiger partial charge in [0.2, 0.25) is 5.91 Å². The Labute approximate surface area is 109 Å². The summed E-state index contributed by atoms with van der Waals surface area (Å²) in [6.07, 6.45) is 3.23. The third kappa shape index (κ3) is 3.38. The summed E-state index contributed by atoms with van der Waals surface area (Å²) < 4.78 is 0. The lowest BCUT2D eigenvalue weighted by atomic mass is 9.97. The van der Waals surface area contributed by atoms with Crippen LogP contribution >= 0.6 is 11.8 Å². The lowest BCUT2D eigenvalue weighted by Crippen LogP contribution is -2.57. The van der Waals surface area contributed by atoms with Gasteiger partial charge in [-0.25, -0.2) is 0 Å². The fourth-order valence-electron chi connectivity index (χ4n) is 2.93. The van der Waals surface area contributed by atoms with Crippen molar-refractivity contribution in [1.29, 1.82) is 0 Å². The van der Waals surface area contributed by atoms with Crippen LogP contribution in [0.25, 0.3) is 0 Å². The number of nitrogens with one attached hydrogen (secondary N) is 1. The van der Waals surface area contributed by atoms with Crippen molar-refractivity contribution in [2.45, 2.75) is 45.2 Å². The van der Waals surface area contributed by atoms with Crippen LogP contribution in [0.15, 0.2) is 0 Å². The summed E-state index contributed by atoms with van der Waals surface area (Å²) in [7, 11) is 0. The molecule has 0 bridgehead atoms. The highest BCUT2D eigenvalue weighted by Crippen LogP contribution is 2.26. The molecule has 2 saturated heterocycles. The fourth-order valence-corrected chi connectivity index (χ4v) is 4.13. The molecular weight excluding hydrogens is 232 g/mol. The molecule has 1 N–H and O–H groups in total. The van der Waals surface area contributed by atoms with Crippen molar-refractivity contribution in [1.82, 2.24) is 10.2 Å². The average Bonchev–Trinajstić information content (AvgIpc) is 2.30. The first-order chi connectivity index (χ1) is 8.18. The van der Waals surface area contributed by atoms with Crippen LogP contribution in [0.5, 0.6) is 0 Å². The molecule has 2 aliphatic rings. The van der Waals surface area contributed by atoms with Gasteiger partial charge in [-0.3, -0.25) is 4.79 Å². The summed E-state index contributed by atoms with van der Waals surface area (Å²) >= 11 is 2.03. The number of carbonyl (C=O) groups is 1. The minimum absolute atomic E-state index is 0.351. The summed E-state index contributed by atoms with van der Waals surface area (Å²) in [5.41, 5.74) is 0. The number of carbonyl (C=O) groups excluding carboxylic acids is 1. The predicted octanol–water partition coefficient (Wildman–Crippen LogP) is 1.73. The van der Waals surface area contributed by atoms with Gasteiger partial charge in [-0.05, 0) is 44.1 Å². The maximum Gasteiger partial charge on any atom is 0.223 e. The molecule has 0 radical (unpaired) electrons. The SMILES string of the molecule is CC1CNCC(C)N1C(=O)CC1CCSCC1. The van der Waals surface area contributed by atoms with Gasteiger partial charge >= 0.3 is 0 Å². The van der Waals surface area contributed by atoms with Crippen LogP contribution in [0.4, 0.5) is 0 Å². The molecule has 2 atom stereocenters. The van der Waals surface area contributed by atoms with E-state index in [9.17, 15) is 4.79 Å². The largest absolute Gasteiger partial charge is 0.335 e. The highest BCUT2D eigenvalue weighted by Gasteiger charge is 2.30. The van der Waals surface area contributed by atoms with Crippen LogP contribution in [-0.2, 0) is 4.79 Å². The highest BCUT2D eigenvalue weighted by molar-refractivity contribution is 7.99. The Kier molecular flexibility index (Phi) is 4.74. The Morgan fingerprint density at radius 1 is 1.24 bits per heavy atom. The normalized spacial score (nSPS) is 31.5. The number of hydrogen-bond acceptors (Lipinski definition) is 3. The molecule has 3 nitrogen and oxygen atoms in total. The number of thioether (sulfide) groups is 1. The summed E-state index contributed by atoms with van der Waals surface area (Å²) in [6, 6.07) is 0.702. The zero-order valence-corrected chi connectivity index (χ0v) is 11.8. The molecule has 1 amide bonds. The third-order valence-electron chi connectivity index (χ3n) is 3.92. The summed E-state index contributed by atoms with van der Waals surface area (Å²) in [6.45, 7) is 6.18. The first-order valence-electron chi connectivity index (χ1n) is 6.78. The van der Waals surface area contributed by atoms with Gasteiger partial charge < -0.3 is 10.2 Å². The molecule has 2 fully saturated rings. The minimum Gasteiger partial charge on any atom is -0.335 e. The molecule has 2 aliphatic heterocycles. The molecular formula is C13H24N2OS. The fraction of sp³-hybridized carbons (Fsp3) is 0.923. The Balaban J connectivity index is 1.88. The molecule has 0 spiro atoms. The van der Waals surface area contributed by atoms with Crippen molar-refractivity contribution in [3.05, 3.63) is 0 Å². The average molecular weight is 256 g/mol. The second-order valence-electron chi connectivity index (χ2n) is 5.42. The molecule has 2 rings (SSSR count). The van der Waals surface area contributed by atoms with Crippen molar-refractivity contribution in [3.8, 4) is 0 Å². The molecule has 17 heavy (non-hydrogen) atoms. The van der Waals surface area contributed by atoms with Crippen LogP contribution in [0.2, 0.25) is 0 Å². The Morgan fingerprint density at radius 3 is 2.41 bits per heavy atom. The first-order valence-corrected chi connectivity index (χ1v) is 7.93. The van der Waals surface area contributed by atoms with Gasteiger partial charge in [-0.2, -0.15) is 11.8 Å². The zero-order valence-electron chi connectivity index (χ0n) is 10.9. The van der Waals surface area contributed by atoms with Gasteiger partial charge in [0.25, 0.3) is 0 Å². The molecule has 98 valence electrons. The lowest BCUT2D eigenvalue weighted by Gasteiger charge is -2.40. The van der Waals surface area contributed by atoms with E-state index in [1.807, 2.05) is 11.8 Å². The van der Waals surface area contributed by atoms with Gasteiger partial charge in [-0.1, -0.05) is 0 Å². The monoisotopic (exact) mass is 256 g/mol. The lowest BCUT2D eigenvalue weighted by molar-refractivity contribution is -0.137. The van der Waals surface area contributed by atoms with Crippen molar-refractivity contribution < 1.29 is 4.79 Å². The van der Waals surface area contributed by atoms with E-state index in [1.165, 1.54) is 24.3 Å². The van der Waals surface area contributed by atoms with Crippen molar-refractivity contribution >= 4 is 17.7 Å². The molecule has 0 saturated carbocycles. The molecule has 2 unspecified atom stereocenters. The summed E-state index contributed by atoms with van der Waals surface area (Å²) in [5.74, 6) is 3.50. The maximum absolute atomic E-state index is 12.4. The smallest absolute Gasteiger partial charge is 0.223 e. The molecule has 0 aliphatic carbocycles. The minimum atomic E-state index is 0.351. The van der Waals surface area contributed by atoms with Crippen LogP contribution in [0.3, 0.4) is 0 Å². The van der Waals surface area contributed by atoms with E-state index in [0.29, 0.717) is 23.9 Å². The Hall–Kier alpha value is -0.220. The molecule has 4 heteroatoms. The van der Waals surface area contributed by atoms with Crippen LogP contribution in [0, 0.1) is 5.92 Å². The Morgan fingerprint density at radius 2 is 1.82 bits per heavy atom. The number of piperazine rings is 1. The van der Waals surface area contributed by atoms with E-state index in [2.05, 4.69) is 24.1 Å². The van der Waals surface area contributed by atoms with Crippen LogP contribution in [-0.4, -0.2) is 47.5 Å². The second kappa shape index (κ2) is 6.10. The van der Waals surface area contributed by atoms with E-state index in [-0.39, 0.29) is 0 Å². The second-order valence-corrected chi connectivity index (χ2v) is 6.64. The van der Waals surface area contributed by atoms with E-state index in [4.69, 9.17) is 0 Å². The van der Waals surface area contributed by atoms with E-state index >= 15 is 0 Å². The molecule has 2 heterocycles.